The Morgan fingerprint density at radius 3 is 2.73 bits per heavy atom. The zero-order valence-electron chi connectivity index (χ0n) is 9.45. The predicted molar refractivity (Wildman–Crippen MR) is 60.7 cm³/mol. The highest BCUT2D eigenvalue weighted by Crippen LogP contribution is 2.06. The van der Waals surface area contributed by atoms with E-state index in [1.54, 1.807) is 7.11 Å². The minimum atomic E-state index is 0.646. The van der Waals surface area contributed by atoms with E-state index in [9.17, 15) is 0 Å². The van der Waals surface area contributed by atoms with Gasteiger partial charge in [-0.3, -0.25) is 0 Å². The van der Waals surface area contributed by atoms with Crippen LogP contribution in [0.2, 0.25) is 0 Å². The number of hydrogen-bond donors (Lipinski definition) is 1. The molecule has 1 rings (SSSR count). The smallest absolute Gasteiger partial charge is 0.0718 e. The van der Waals surface area contributed by atoms with Crippen molar-refractivity contribution in [1.29, 1.82) is 0 Å². The maximum atomic E-state index is 5.45. The van der Waals surface area contributed by atoms with Gasteiger partial charge in [-0.1, -0.05) is 24.3 Å². The number of rotatable bonds is 7. The molecule has 0 aliphatic rings. The predicted octanol–water partition coefficient (Wildman–Crippen LogP) is 1.57. The molecule has 0 aliphatic heterocycles. The van der Waals surface area contributed by atoms with Crippen molar-refractivity contribution in [3.05, 3.63) is 35.4 Å². The molecule has 0 saturated heterocycles. The lowest BCUT2D eigenvalue weighted by Gasteiger charge is -2.06. The first-order valence-electron chi connectivity index (χ1n) is 5.16. The van der Waals surface area contributed by atoms with Crippen molar-refractivity contribution >= 4 is 0 Å². The highest BCUT2D eigenvalue weighted by atomic mass is 16.5. The summed E-state index contributed by atoms with van der Waals surface area (Å²) in [5.74, 6) is 0. The maximum Gasteiger partial charge on any atom is 0.0718 e. The molecular weight excluding hydrogens is 190 g/mol. The van der Waals surface area contributed by atoms with Gasteiger partial charge in [-0.25, -0.2) is 0 Å². The SMILES string of the molecule is CNCc1cccc(COCCOC)c1. The summed E-state index contributed by atoms with van der Waals surface area (Å²) >= 11 is 0. The van der Waals surface area contributed by atoms with Crippen molar-refractivity contribution in [1.82, 2.24) is 5.32 Å². The molecule has 0 heterocycles. The van der Waals surface area contributed by atoms with Crippen molar-refractivity contribution < 1.29 is 9.47 Å². The Bertz CT molecular complexity index is 276. The lowest BCUT2D eigenvalue weighted by Crippen LogP contribution is -2.06. The largest absolute Gasteiger partial charge is 0.382 e. The molecular formula is C12H19NO2. The second kappa shape index (κ2) is 7.40. The normalized spacial score (nSPS) is 10.5. The van der Waals surface area contributed by atoms with Gasteiger partial charge in [0.15, 0.2) is 0 Å². The molecule has 0 aliphatic carbocycles. The van der Waals surface area contributed by atoms with Crippen molar-refractivity contribution in [3.63, 3.8) is 0 Å². The van der Waals surface area contributed by atoms with Crippen LogP contribution in [0.1, 0.15) is 11.1 Å². The molecule has 0 spiro atoms. The average Bonchev–Trinajstić information content (AvgIpc) is 2.26. The van der Waals surface area contributed by atoms with Crippen LogP contribution in [0.3, 0.4) is 0 Å². The van der Waals surface area contributed by atoms with Gasteiger partial charge < -0.3 is 14.8 Å². The fourth-order valence-corrected chi connectivity index (χ4v) is 1.37. The molecule has 0 bridgehead atoms. The van der Waals surface area contributed by atoms with Gasteiger partial charge >= 0.3 is 0 Å². The van der Waals surface area contributed by atoms with E-state index in [1.165, 1.54) is 11.1 Å². The fourth-order valence-electron chi connectivity index (χ4n) is 1.37. The van der Waals surface area contributed by atoms with Crippen LogP contribution in [-0.4, -0.2) is 27.4 Å². The Kier molecular flexibility index (Phi) is 6.00. The lowest BCUT2D eigenvalue weighted by atomic mass is 10.1. The van der Waals surface area contributed by atoms with Crippen molar-refractivity contribution in [2.24, 2.45) is 0 Å². The number of ether oxygens (including phenoxy) is 2. The van der Waals surface area contributed by atoms with E-state index in [-0.39, 0.29) is 0 Å². The van der Waals surface area contributed by atoms with E-state index in [2.05, 4.69) is 29.6 Å². The Morgan fingerprint density at radius 1 is 1.20 bits per heavy atom. The molecule has 1 aromatic rings. The van der Waals surface area contributed by atoms with Crippen LogP contribution in [0.15, 0.2) is 24.3 Å². The highest BCUT2D eigenvalue weighted by Gasteiger charge is 1.95. The maximum absolute atomic E-state index is 5.45. The Labute approximate surface area is 91.4 Å². The molecule has 0 amide bonds. The quantitative estimate of drug-likeness (QED) is 0.691. The zero-order valence-corrected chi connectivity index (χ0v) is 9.45. The van der Waals surface area contributed by atoms with Crippen molar-refractivity contribution in [3.8, 4) is 0 Å². The van der Waals surface area contributed by atoms with Crippen LogP contribution in [0.5, 0.6) is 0 Å². The van der Waals surface area contributed by atoms with Crippen molar-refractivity contribution in [2.75, 3.05) is 27.4 Å². The van der Waals surface area contributed by atoms with Crippen LogP contribution in [0.25, 0.3) is 0 Å². The third-order valence-corrected chi connectivity index (χ3v) is 2.07. The molecule has 1 N–H and O–H groups in total. The molecule has 84 valence electrons. The molecule has 3 nitrogen and oxygen atoms in total. The first-order valence-corrected chi connectivity index (χ1v) is 5.16. The minimum absolute atomic E-state index is 0.646. The van der Waals surface area contributed by atoms with E-state index in [0.717, 1.165) is 6.54 Å². The summed E-state index contributed by atoms with van der Waals surface area (Å²) in [6.07, 6.45) is 0. The molecule has 0 aromatic heterocycles. The third kappa shape index (κ3) is 4.93. The lowest BCUT2D eigenvalue weighted by molar-refractivity contribution is 0.0616. The zero-order chi connectivity index (χ0) is 10.9. The summed E-state index contributed by atoms with van der Waals surface area (Å²) in [5, 5.41) is 3.13. The first kappa shape index (κ1) is 12.2. The minimum Gasteiger partial charge on any atom is -0.382 e. The molecule has 0 radical (unpaired) electrons. The van der Waals surface area contributed by atoms with Gasteiger partial charge in [-0.05, 0) is 18.2 Å². The summed E-state index contributed by atoms with van der Waals surface area (Å²) < 4.78 is 10.4. The number of benzene rings is 1. The monoisotopic (exact) mass is 209 g/mol. The fraction of sp³-hybridized carbons (Fsp3) is 0.500. The molecule has 1 aromatic carbocycles. The van der Waals surface area contributed by atoms with Gasteiger partial charge in [0.2, 0.25) is 0 Å². The molecule has 0 saturated carbocycles. The van der Waals surface area contributed by atoms with Gasteiger partial charge in [0.1, 0.15) is 0 Å². The van der Waals surface area contributed by atoms with E-state index in [0.29, 0.717) is 19.8 Å². The van der Waals surface area contributed by atoms with Crippen LogP contribution >= 0.6 is 0 Å². The van der Waals surface area contributed by atoms with Crippen LogP contribution < -0.4 is 5.32 Å². The van der Waals surface area contributed by atoms with Gasteiger partial charge in [0.25, 0.3) is 0 Å². The molecule has 0 unspecified atom stereocenters. The van der Waals surface area contributed by atoms with E-state index >= 15 is 0 Å². The summed E-state index contributed by atoms with van der Waals surface area (Å²) in [5.41, 5.74) is 2.49. The van der Waals surface area contributed by atoms with Gasteiger partial charge in [-0.15, -0.1) is 0 Å². The Morgan fingerprint density at radius 2 is 2.00 bits per heavy atom. The van der Waals surface area contributed by atoms with E-state index < -0.39 is 0 Å². The van der Waals surface area contributed by atoms with Gasteiger partial charge in [0, 0.05) is 13.7 Å². The van der Waals surface area contributed by atoms with Gasteiger partial charge in [0.05, 0.1) is 19.8 Å². The topological polar surface area (TPSA) is 30.5 Å². The molecule has 15 heavy (non-hydrogen) atoms. The van der Waals surface area contributed by atoms with Crippen molar-refractivity contribution in [2.45, 2.75) is 13.2 Å². The highest BCUT2D eigenvalue weighted by molar-refractivity contribution is 5.22. The average molecular weight is 209 g/mol. The first-order chi connectivity index (χ1) is 7.36. The second-order valence-corrected chi connectivity index (χ2v) is 3.40. The summed E-state index contributed by atoms with van der Waals surface area (Å²) in [6, 6.07) is 8.39. The Balaban J connectivity index is 2.36. The number of hydrogen-bond acceptors (Lipinski definition) is 3. The van der Waals surface area contributed by atoms with Crippen LogP contribution in [0, 0.1) is 0 Å². The third-order valence-electron chi connectivity index (χ3n) is 2.07. The van der Waals surface area contributed by atoms with Gasteiger partial charge in [-0.2, -0.15) is 0 Å². The Hall–Kier alpha value is -0.900. The summed E-state index contributed by atoms with van der Waals surface area (Å²) in [6.45, 7) is 2.84. The molecule has 3 heteroatoms. The second-order valence-electron chi connectivity index (χ2n) is 3.40. The molecule has 0 atom stereocenters. The van der Waals surface area contributed by atoms with E-state index in [4.69, 9.17) is 9.47 Å². The van der Waals surface area contributed by atoms with E-state index in [1.807, 2.05) is 7.05 Å². The van der Waals surface area contributed by atoms with Crippen LogP contribution in [0.4, 0.5) is 0 Å². The summed E-state index contributed by atoms with van der Waals surface area (Å²) in [4.78, 5) is 0. The number of nitrogens with one attached hydrogen (secondary N) is 1. The standard InChI is InChI=1S/C12H19NO2/c1-13-9-11-4-3-5-12(8-11)10-15-7-6-14-2/h3-5,8,13H,6-7,9-10H2,1-2H3. The van der Waals surface area contributed by atoms with Crippen LogP contribution in [-0.2, 0) is 22.6 Å². The number of methoxy groups -OCH3 is 1. The molecule has 0 fully saturated rings. The summed E-state index contributed by atoms with van der Waals surface area (Å²) in [7, 11) is 3.62.